The van der Waals surface area contributed by atoms with Gasteiger partial charge in [-0.05, 0) is 24.3 Å². The number of nitro groups is 1. The minimum atomic E-state index is -0.315. The van der Waals surface area contributed by atoms with E-state index in [9.17, 15) is 10.1 Å². The molecule has 1 aliphatic carbocycles. The van der Waals surface area contributed by atoms with Gasteiger partial charge in [0.05, 0.1) is 5.69 Å². The van der Waals surface area contributed by atoms with Crippen LogP contribution in [-0.2, 0) is 6.54 Å². The van der Waals surface area contributed by atoms with Gasteiger partial charge in [0.2, 0.25) is 6.54 Å². The third kappa shape index (κ3) is 1.42. The van der Waals surface area contributed by atoms with Gasteiger partial charge in [-0.25, -0.2) is 9.97 Å². The quantitative estimate of drug-likeness (QED) is 0.626. The molecular formula is C10H10N4O2. The van der Waals surface area contributed by atoms with Gasteiger partial charge < -0.3 is 4.98 Å². The first-order chi connectivity index (χ1) is 7.75. The summed E-state index contributed by atoms with van der Waals surface area (Å²) in [4.78, 5) is 21.4. The highest BCUT2D eigenvalue weighted by atomic mass is 16.6. The summed E-state index contributed by atoms with van der Waals surface area (Å²) in [5.41, 5.74) is 2.43. The summed E-state index contributed by atoms with van der Waals surface area (Å²) in [6.45, 7) is -0.164. The maximum atomic E-state index is 10.6. The molecule has 6 nitrogen and oxygen atoms in total. The molecule has 16 heavy (non-hydrogen) atoms. The van der Waals surface area contributed by atoms with E-state index in [0.29, 0.717) is 17.3 Å². The van der Waals surface area contributed by atoms with Crippen molar-refractivity contribution in [3.05, 3.63) is 33.9 Å². The largest absolute Gasteiger partial charge is 0.337 e. The van der Waals surface area contributed by atoms with Crippen LogP contribution in [0.3, 0.4) is 0 Å². The number of aromatic nitrogens is 3. The van der Waals surface area contributed by atoms with E-state index in [2.05, 4.69) is 15.0 Å². The highest BCUT2D eigenvalue weighted by molar-refractivity contribution is 5.81. The fourth-order valence-corrected chi connectivity index (χ4v) is 2.09. The van der Waals surface area contributed by atoms with E-state index >= 15 is 0 Å². The van der Waals surface area contributed by atoms with Gasteiger partial charge in [-0.1, -0.05) is 0 Å². The maximum Gasteiger partial charge on any atom is 0.243 e. The van der Waals surface area contributed by atoms with E-state index in [4.69, 9.17) is 0 Å². The van der Waals surface area contributed by atoms with Gasteiger partial charge in [0, 0.05) is 16.5 Å². The Morgan fingerprint density at radius 1 is 1.56 bits per heavy atom. The molecule has 2 aromatic heterocycles. The molecule has 1 aliphatic rings. The molecule has 2 aromatic rings. The summed E-state index contributed by atoms with van der Waals surface area (Å²) < 4.78 is 0. The Hall–Kier alpha value is -1.98. The molecule has 1 N–H and O–H groups in total. The number of fused-ring (bicyclic) bond motifs is 1. The smallest absolute Gasteiger partial charge is 0.243 e. The van der Waals surface area contributed by atoms with Crippen molar-refractivity contribution in [2.24, 2.45) is 0 Å². The second kappa shape index (κ2) is 3.26. The van der Waals surface area contributed by atoms with Crippen molar-refractivity contribution in [3.63, 3.8) is 0 Å². The van der Waals surface area contributed by atoms with Crippen LogP contribution < -0.4 is 0 Å². The van der Waals surface area contributed by atoms with Gasteiger partial charge in [0.15, 0.2) is 0 Å². The van der Waals surface area contributed by atoms with Crippen LogP contribution in [0.1, 0.15) is 30.0 Å². The Kier molecular flexibility index (Phi) is 1.89. The molecule has 2 heterocycles. The maximum absolute atomic E-state index is 10.6. The van der Waals surface area contributed by atoms with E-state index in [1.807, 2.05) is 0 Å². The van der Waals surface area contributed by atoms with Gasteiger partial charge in [-0.3, -0.25) is 10.1 Å². The lowest BCUT2D eigenvalue weighted by atomic mass is 10.1. The Bertz CT molecular complexity index is 559. The molecule has 0 bridgehead atoms. The van der Waals surface area contributed by atoms with E-state index in [0.717, 1.165) is 23.8 Å². The lowest BCUT2D eigenvalue weighted by molar-refractivity contribution is -0.497. The highest BCUT2D eigenvalue weighted by Crippen LogP contribution is 2.44. The van der Waals surface area contributed by atoms with Gasteiger partial charge >= 0.3 is 0 Å². The normalized spacial score (nSPS) is 15.5. The fourth-order valence-electron chi connectivity index (χ4n) is 2.09. The molecule has 6 heteroatoms. The summed E-state index contributed by atoms with van der Waals surface area (Å²) >= 11 is 0. The van der Waals surface area contributed by atoms with Crippen molar-refractivity contribution in [3.8, 4) is 0 Å². The SMILES string of the molecule is O=[N+]([O-])Cc1[nH]c2ncncc2c1C1CC1. The zero-order valence-corrected chi connectivity index (χ0v) is 8.51. The van der Waals surface area contributed by atoms with Crippen LogP contribution in [-0.4, -0.2) is 19.9 Å². The summed E-state index contributed by atoms with van der Waals surface area (Å²) in [6.07, 6.45) is 5.39. The second-order valence-corrected chi connectivity index (χ2v) is 4.07. The zero-order chi connectivity index (χ0) is 11.1. The average molecular weight is 218 g/mol. The van der Waals surface area contributed by atoms with Crippen molar-refractivity contribution in [2.75, 3.05) is 0 Å². The number of H-pyrrole nitrogens is 1. The Morgan fingerprint density at radius 3 is 3.06 bits per heavy atom. The van der Waals surface area contributed by atoms with Crippen LogP contribution in [0, 0.1) is 10.1 Å². The van der Waals surface area contributed by atoms with Crippen LogP contribution >= 0.6 is 0 Å². The molecule has 0 saturated heterocycles. The average Bonchev–Trinajstić information content (AvgIpc) is 3.00. The van der Waals surface area contributed by atoms with E-state index in [-0.39, 0.29) is 11.5 Å². The van der Waals surface area contributed by atoms with Crippen molar-refractivity contribution in [2.45, 2.75) is 25.3 Å². The van der Waals surface area contributed by atoms with Crippen LogP contribution in [0.15, 0.2) is 12.5 Å². The van der Waals surface area contributed by atoms with Crippen LogP contribution in [0.25, 0.3) is 11.0 Å². The molecule has 82 valence electrons. The summed E-state index contributed by atoms with van der Waals surface area (Å²) in [5, 5.41) is 11.5. The van der Waals surface area contributed by atoms with E-state index < -0.39 is 0 Å². The minimum absolute atomic E-state index is 0.164. The minimum Gasteiger partial charge on any atom is -0.337 e. The fraction of sp³-hybridized carbons (Fsp3) is 0.400. The molecule has 3 rings (SSSR count). The molecule has 1 fully saturated rings. The van der Waals surface area contributed by atoms with Crippen LogP contribution in [0.4, 0.5) is 0 Å². The number of hydrogen-bond donors (Lipinski definition) is 1. The number of nitrogens with one attached hydrogen (secondary N) is 1. The lowest BCUT2D eigenvalue weighted by Crippen LogP contribution is -2.01. The van der Waals surface area contributed by atoms with Gasteiger partial charge in [0.1, 0.15) is 12.0 Å². The molecule has 0 spiro atoms. The summed E-state index contributed by atoms with van der Waals surface area (Å²) in [5.74, 6) is 0.453. The zero-order valence-electron chi connectivity index (χ0n) is 8.51. The van der Waals surface area contributed by atoms with Crippen molar-refractivity contribution in [1.82, 2.24) is 15.0 Å². The second-order valence-electron chi connectivity index (χ2n) is 4.07. The number of nitrogens with zero attached hydrogens (tertiary/aromatic N) is 3. The van der Waals surface area contributed by atoms with Crippen LogP contribution in [0.2, 0.25) is 0 Å². The summed E-state index contributed by atoms with van der Waals surface area (Å²) in [6, 6.07) is 0. The third-order valence-electron chi connectivity index (χ3n) is 2.87. The standard InChI is InChI=1S/C10H10N4O2/c15-14(16)4-8-9(6-1-2-6)7-3-11-5-12-10(7)13-8/h3,5-6H,1-2,4H2,(H,11,12,13). The Morgan fingerprint density at radius 2 is 2.38 bits per heavy atom. The predicted molar refractivity (Wildman–Crippen MR) is 56.6 cm³/mol. The predicted octanol–water partition coefficient (Wildman–Crippen LogP) is 1.61. The van der Waals surface area contributed by atoms with Gasteiger partial charge in [0.25, 0.3) is 0 Å². The molecule has 0 atom stereocenters. The molecule has 0 aromatic carbocycles. The molecule has 1 saturated carbocycles. The van der Waals surface area contributed by atoms with Crippen molar-refractivity contribution >= 4 is 11.0 Å². The summed E-state index contributed by atoms with van der Waals surface area (Å²) in [7, 11) is 0. The molecule has 0 unspecified atom stereocenters. The first-order valence-electron chi connectivity index (χ1n) is 5.18. The van der Waals surface area contributed by atoms with Gasteiger partial charge in [-0.15, -0.1) is 0 Å². The Labute approximate surface area is 90.9 Å². The molecular weight excluding hydrogens is 208 g/mol. The van der Waals surface area contributed by atoms with Crippen LogP contribution in [0.5, 0.6) is 0 Å². The van der Waals surface area contributed by atoms with E-state index in [1.165, 1.54) is 6.33 Å². The van der Waals surface area contributed by atoms with Gasteiger partial charge in [-0.2, -0.15) is 0 Å². The molecule has 0 radical (unpaired) electrons. The highest BCUT2D eigenvalue weighted by Gasteiger charge is 2.31. The number of rotatable bonds is 3. The number of hydrogen-bond acceptors (Lipinski definition) is 4. The molecule has 0 aliphatic heterocycles. The molecule has 0 amide bonds. The third-order valence-corrected chi connectivity index (χ3v) is 2.87. The van der Waals surface area contributed by atoms with Crippen molar-refractivity contribution < 1.29 is 4.92 Å². The Balaban J connectivity index is 2.18. The van der Waals surface area contributed by atoms with Crippen molar-refractivity contribution in [1.29, 1.82) is 0 Å². The monoisotopic (exact) mass is 218 g/mol. The topological polar surface area (TPSA) is 84.7 Å². The first-order valence-corrected chi connectivity index (χ1v) is 5.18. The number of aromatic amines is 1. The lowest BCUT2D eigenvalue weighted by Gasteiger charge is -1.97. The van der Waals surface area contributed by atoms with E-state index in [1.54, 1.807) is 6.20 Å². The first kappa shape index (κ1) is 9.26.